The molecule has 2 heterocycles. The van der Waals surface area contributed by atoms with E-state index in [-0.39, 0.29) is 11.3 Å². The lowest BCUT2D eigenvalue weighted by atomic mass is 10.1. The maximum absolute atomic E-state index is 13.3. The molecule has 0 spiro atoms. The van der Waals surface area contributed by atoms with E-state index in [0.29, 0.717) is 11.3 Å². The summed E-state index contributed by atoms with van der Waals surface area (Å²) >= 11 is 0. The normalized spacial score (nSPS) is 15.3. The van der Waals surface area contributed by atoms with Gasteiger partial charge in [0.25, 0.3) is 11.8 Å². The highest BCUT2D eigenvalue weighted by molar-refractivity contribution is 6.39. The highest BCUT2D eigenvalue weighted by atomic mass is 19.1. The van der Waals surface area contributed by atoms with Gasteiger partial charge in [-0.15, -0.1) is 0 Å². The van der Waals surface area contributed by atoms with Gasteiger partial charge in [-0.05, 0) is 68.0 Å². The Hall–Kier alpha value is -4.20. The van der Waals surface area contributed by atoms with E-state index in [1.165, 1.54) is 18.2 Å². The molecule has 3 aromatic rings. The van der Waals surface area contributed by atoms with Crippen LogP contribution >= 0.6 is 0 Å². The Morgan fingerprint density at radius 3 is 2.38 bits per heavy atom. The molecule has 32 heavy (non-hydrogen) atoms. The first-order chi connectivity index (χ1) is 15.3. The van der Waals surface area contributed by atoms with Crippen molar-refractivity contribution in [3.05, 3.63) is 82.9 Å². The second kappa shape index (κ2) is 8.14. The van der Waals surface area contributed by atoms with Gasteiger partial charge in [0.2, 0.25) is 0 Å². The minimum atomic E-state index is -0.886. The zero-order valence-corrected chi connectivity index (χ0v) is 17.7. The molecule has 1 N–H and O–H groups in total. The van der Waals surface area contributed by atoms with E-state index in [1.54, 1.807) is 7.11 Å². The SMILES string of the molecule is COc1ccccc1-n1c(C)cc(C=C2C(=O)NC(=O)N(c3ccc(F)cc3)C2=O)c1C. The van der Waals surface area contributed by atoms with Crippen LogP contribution in [0.4, 0.5) is 14.9 Å². The number of methoxy groups -OCH3 is 1. The van der Waals surface area contributed by atoms with E-state index in [2.05, 4.69) is 5.32 Å². The molecule has 4 amide bonds. The fraction of sp³-hybridized carbons (Fsp3) is 0.125. The van der Waals surface area contributed by atoms with E-state index >= 15 is 0 Å². The number of ether oxygens (including phenoxy) is 1. The molecule has 0 radical (unpaired) electrons. The number of nitrogens with one attached hydrogen (secondary N) is 1. The number of hydrogen-bond acceptors (Lipinski definition) is 4. The fourth-order valence-electron chi connectivity index (χ4n) is 3.76. The van der Waals surface area contributed by atoms with Crippen LogP contribution < -0.4 is 15.0 Å². The predicted molar refractivity (Wildman–Crippen MR) is 117 cm³/mol. The van der Waals surface area contributed by atoms with Gasteiger partial charge >= 0.3 is 6.03 Å². The molecule has 7 nitrogen and oxygen atoms in total. The van der Waals surface area contributed by atoms with Crippen LogP contribution in [0.15, 0.2) is 60.2 Å². The number of urea groups is 1. The van der Waals surface area contributed by atoms with Crippen LogP contribution in [0.5, 0.6) is 5.75 Å². The summed E-state index contributed by atoms with van der Waals surface area (Å²) in [5, 5.41) is 2.17. The molecule has 0 atom stereocenters. The molecule has 8 heteroatoms. The number of carbonyl (C=O) groups excluding carboxylic acids is 3. The van der Waals surface area contributed by atoms with Gasteiger partial charge in [0.15, 0.2) is 0 Å². The summed E-state index contributed by atoms with van der Waals surface area (Å²) in [6.07, 6.45) is 1.45. The van der Waals surface area contributed by atoms with E-state index in [1.807, 2.05) is 48.7 Å². The van der Waals surface area contributed by atoms with E-state index < -0.39 is 23.7 Å². The summed E-state index contributed by atoms with van der Waals surface area (Å²) < 4.78 is 20.7. The third kappa shape index (κ3) is 3.56. The molecule has 1 aliphatic rings. The number of hydrogen-bond donors (Lipinski definition) is 1. The Morgan fingerprint density at radius 1 is 1.00 bits per heavy atom. The third-order valence-electron chi connectivity index (χ3n) is 5.28. The van der Waals surface area contributed by atoms with E-state index in [9.17, 15) is 18.8 Å². The number of para-hydroxylation sites is 2. The summed E-state index contributed by atoms with van der Waals surface area (Å²) in [7, 11) is 1.59. The first kappa shape index (κ1) is 21.0. The molecule has 1 aliphatic heterocycles. The zero-order valence-electron chi connectivity index (χ0n) is 17.7. The van der Waals surface area contributed by atoms with Crippen LogP contribution in [0.3, 0.4) is 0 Å². The highest BCUT2D eigenvalue weighted by Crippen LogP contribution is 2.30. The number of amides is 4. The maximum Gasteiger partial charge on any atom is 0.335 e. The number of aryl methyl sites for hydroxylation is 1. The first-order valence-electron chi connectivity index (χ1n) is 9.81. The van der Waals surface area contributed by atoms with Gasteiger partial charge in [0, 0.05) is 11.4 Å². The van der Waals surface area contributed by atoms with Crippen LogP contribution in [-0.2, 0) is 9.59 Å². The smallest absolute Gasteiger partial charge is 0.335 e. The van der Waals surface area contributed by atoms with Crippen molar-refractivity contribution in [2.45, 2.75) is 13.8 Å². The molecule has 0 saturated carbocycles. The number of benzene rings is 2. The summed E-state index contributed by atoms with van der Waals surface area (Å²) in [6.45, 7) is 3.76. The van der Waals surface area contributed by atoms with Crippen LogP contribution in [0.2, 0.25) is 0 Å². The maximum atomic E-state index is 13.3. The van der Waals surface area contributed by atoms with Gasteiger partial charge < -0.3 is 9.30 Å². The van der Waals surface area contributed by atoms with Gasteiger partial charge in [-0.1, -0.05) is 12.1 Å². The Morgan fingerprint density at radius 2 is 1.69 bits per heavy atom. The fourth-order valence-corrected chi connectivity index (χ4v) is 3.76. The van der Waals surface area contributed by atoms with Crippen LogP contribution in [-0.4, -0.2) is 29.5 Å². The summed E-state index contributed by atoms with van der Waals surface area (Å²) in [6, 6.07) is 13.3. The lowest BCUT2D eigenvalue weighted by Gasteiger charge is -2.26. The number of barbiturate groups is 1. The Labute approximate surface area is 183 Å². The molecular weight excluding hydrogens is 413 g/mol. The topological polar surface area (TPSA) is 80.6 Å². The number of imide groups is 2. The molecule has 1 fully saturated rings. The number of nitrogens with zero attached hydrogens (tertiary/aromatic N) is 2. The second-order valence-electron chi connectivity index (χ2n) is 7.27. The van der Waals surface area contributed by atoms with Gasteiger partial charge in [-0.25, -0.2) is 14.1 Å². The van der Waals surface area contributed by atoms with Crippen LogP contribution in [0.1, 0.15) is 17.0 Å². The molecule has 0 unspecified atom stereocenters. The quantitative estimate of drug-likeness (QED) is 0.500. The first-order valence-corrected chi connectivity index (χ1v) is 9.81. The Bertz CT molecular complexity index is 1270. The molecule has 4 rings (SSSR count). The number of rotatable bonds is 4. The van der Waals surface area contributed by atoms with Crippen molar-refractivity contribution in [2.75, 3.05) is 12.0 Å². The highest BCUT2D eigenvalue weighted by Gasteiger charge is 2.37. The molecular formula is C24H20FN3O4. The number of carbonyl (C=O) groups is 3. The number of aromatic nitrogens is 1. The van der Waals surface area contributed by atoms with Crippen molar-refractivity contribution in [1.29, 1.82) is 0 Å². The standard InChI is InChI=1S/C24H20FN3O4/c1-14-12-16(15(2)27(14)20-6-4-5-7-21(20)32-3)13-19-22(29)26-24(31)28(23(19)30)18-10-8-17(25)9-11-18/h4-13H,1-3H3,(H,26,29,31). The minimum Gasteiger partial charge on any atom is -0.495 e. The van der Waals surface area contributed by atoms with Crippen molar-refractivity contribution in [1.82, 2.24) is 9.88 Å². The molecule has 162 valence electrons. The third-order valence-corrected chi connectivity index (χ3v) is 5.28. The van der Waals surface area contributed by atoms with Crippen molar-refractivity contribution in [3.63, 3.8) is 0 Å². The second-order valence-corrected chi connectivity index (χ2v) is 7.27. The van der Waals surface area contributed by atoms with Crippen LogP contribution in [0, 0.1) is 19.7 Å². The lowest BCUT2D eigenvalue weighted by molar-refractivity contribution is -0.122. The minimum absolute atomic E-state index is 0.159. The van der Waals surface area contributed by atoms with Crippen LogP contribution in [0.25, 0.3) is 11.8 Å². The molecule has 0 bridgehead atoms. The summed E-state index contributed by atoms with van der Waals surface area (Å²) in [5.41, 5.74) is 3.07. The van der Waals surface area contributed by atoms with Crippen molar-refractivity contribution in [3.8, 4) is 11.4 Å². The molecule has 2 aromatic carbocycles. The van der Waals surface area contributed by atoms with Crippen molar-refractivity contribution < 1.29 is 23.5 Å². The molecule has 0 aliphatic carbocycles. The van der Waals surface area contributed by atoms with Crippen molar-refractivity contribution >= 4 is 29.6 Å². The summed E-state index contributed by atoms with van der Waals surface area (Å²) in [4.78, 5) is 38.7. The van der Waals surface area contributed by atoms with Gasteiger partial charge in [0.1, 0.15) is 17.1 Å². The van der Waals surface area contributed by atoms with E-state index in [4.69, 9.17) is 4.74 Å². The van der Waals surface area contributed by atoms with Crippen molar-refractivity contribution in [2.24, 2.45) is 0 Å². The molecule has 1 aromatic heterocycles. The predicted octanol–water partition coefficient (Wildman–Crippen LogP) is 3.91. The number of halogens is 1. The van der Waals surface area contributed by atoms with E-state index in [0.717, 1.165) is 34.1 Å². The average molecular weight is 433 g/mol. The monoisotopic (exact) mass is 433 g/mol. The number of anilines is 1. The largest absolute Gasteiger partial charge is 0.495 e. The lowest BCUT2D eigenvalue weighted by Crippen LogP contribution is -2.54. The Kier molecular flexibility index (Phi) is 5.36. The molecule has 1 saturated heterocycles. The van der Waals surface area contributed by atoms with Gasteiger partial charge in [-0.3, -0.25) is 14.9 Å². The van der Waals surface area contributed by atoms with Gasteiger partial charge in [-0.2, -0.15) is 0 Å². The summed E-state index contributed by atoms with van der Waals surface area (Å²) in [5.74, 6) is -1.41. The Balaban J connectivity index is 1.78. The average Bonchev–Trinajstić information content (AvgIpc) is 3.05. The van der Waals surface area contributed by atoms with Gasteiger partial charge in [0.05, 0.1) is 18.5 Å². The zero-order chi connectivity index (χ0) is 23.0.